The van der Waals surface area contributed by atoms with E-state index in [0.717, 1.165) is 30.8 Å². The smallest absolute Gasteiger partial charge is 0.241 e. The normalized spacial score (nSPS) is 22.2. The van der Waals surface area contributed by atoms with Crippen LogP contribution in [-0.4, -0.2) is 50.7 Å². The molecule has 1 amide bonds. The summed E-state index contributed by atoms with van der Waals surface area (Å²) in [6, 6.07) is 10.4. The second-order valence-electron chi connectivity index (χ2n) is 7.08. The lowest BCUT2D eigenvalue weighted by molar-refractivity contribution is -0.123. The molecule has 26 heavy (non-hydrogen) atoms. The number of carbonyl (C=O) groups excluding carboxylic acids is 1. The first-order valence-corrected chi connectivity index (χ1v) is 10.7. The van der Waals surface area contributed by atoms with Crippen LogP contribution >= 0.6 is 11.8 Å². The van der Waals surface area contributed by atoms with Crippen molar-refractivity contribution in [2.45, 2.75) is 44.2 Å². The molecule has 2 aliphatic rings. The van der Waals surface area contributed by atoms with Gasteiger partial charge in [0.25, 0.3) is 0 Å². The highest BCUT2D eigenvalue weighted by atomic mass is 32.2. The molecular weight excluding hydrogens is 344 g/mol. The van der Waals surface area contributed by atoms with Crippen LogP contribution in [0, 0.1) is 0 Å². The molecule has 138 valence electrons. The van der Waals surface area contributed by atoms with Gasteiger partial charge in [0, 0.05) is 24.1 Å². The summed E-state index contributed by atoms with van der Waals surface area (Å²) in [4.78, 5) is 15.4. The Labute approximate surface area is 159 Å². The van der Waals surface area contributed by atoms with Crippen molar-refractivity contribution in [2.24, 2.45) is 0 Å². The highest BCUT2D eigenvalue weighted by Gasteiger charge is 2.34. The molecule has 0 radical (unpaired) electrons. The number of anilines is 1. The Balaban J connectivity index is 1.42. The van der Waals surface area contributed by atoms with Crippen molar-refractivity contribution in [3.63, 3.8) is 0 Å². The van der Waals surface area contributed by atoms with E-state index in [1.165, 1.54) is 30.8 Å². The van der Waals surface area contributed by atoms with Crippen molar-refractivity contribution in [2.75, 3.05) is 23.4 Å². The molecule has 4 rings (SSSR count). The van der Waals surface area contributed by atoms with Crippen molar-refractivity contribution in [1.29, 1.82) is 0 Å². The predicted molar refractivity (Wildman–Crippen MR) is 107 cm³/mol. The molecule has 3 heterocycles. The van der Waals surface area contributed by atoms with Crippen LogP contribution in [0.15, 0.2) is 42.7 Å². The molecule has 1 N–H and O–H groups in total. The zero-order valence-electron chi connectivity index (χ0n) is 15.0. The minimum atomic E-state index is 0.0163. The number of nitrogens with zero attached hydrogens (tertiary/aromatic N) is 3. The highest BCUT2D eigenvalue weighted by molar-refractivity contribution is 7.99. The molecule has 0 saturated carbocycles. The molecule has 0 bridgehead atoms. The summed E-state index contributed by atoms with van der Waals surface area (Å²) < 4.78 is 1.82. The van der Waals surface area contributed by atoms with E-state index in [9.17, 15) is 4.79 Å². The molecule has 2 aromatic rings. The monoisotopic (exact) mass is 370 g/mol. The van der Waals surface area contributed by atoms with Gasteiger partial charge < -0.3 is 5.32 Å². The number of likely N-dealkylation sites (tertiary alicyclic amines) is 1. The molecule has 1 aromatic heterocycles. The van der Waals surface area contributed by atoms with Gasteiger partial charge in [0.05, 0.1) is 11.7 Å². The number of nitrogens with one attached hydrogen (secondary N) is 1. The highest BCUT2D eigenvalue weighted by Crippen LogP contribution is 2.28. The lowest BCUT2D eigenvalue weighted by atomic mass is 9.96. The van der Waals surface area contributed by atoms with Crippen molar-refractivity contribution < 1.29 is 4.79 Å². The quantitative estimate of drug-likeness (QED) is 0.894. The predicted octanol–water partition coefficient (Wildman–Crippen LogP) is 3.56. The summed E-state index contributed by atoms with van der Waals surface area (Å²) in [7, 11) is 0. The lowest BCUT2D eigenvalue weighted by Gasteiger charge is -2.41. The van der Waals surface area contributed by atoms with Gasteiger partial charge in [0.1, 0.15) is 0 Å². The number of benzene rings is 1. The van der Waals surface area contributed by atoms with Crippen LogP contribution in [0.2, 0.25) is 0 Å². The Hall–Kier alpha value is -1.79. The Morgan fingerprint density at radius 1 is 1.12 bits per heavy atom. The summed E-state index contributed by atoms with van der Waals surface area (Å²) in [5.74, 6) is 2.60. The van der Waals surface area contributed by atoms with Gasteiger partial charge in [-0.3, -0.25) is 9.69 Å². The Morgan fingerprint density at radius 2 is 1.92 bits per heavy atom. The fourth-order valence-corrected chi connectivity index (χ4v) is 5.12. The number of aromatic nitrogens is 2. The molecule has 6 heteroatoms. The largest absolute Gasteiger partial charge is 0.325 e. The average Bonchev–Trinajstić information content (AvgIpc) is 3.24. The Bertz CT molecular complexity index is 710. The van der Waals surface area contributed by atoms with Gasteiger partial charge in [-0.1, -0.05) is 6.42 Å². The van der Waals surface area contributed by atoms with E-state index in [0.29, 0.717) is 6.04 Å². The van der Waals surface area contributed by atoms with Gasteiger partial charge in [0.2, 0.25) is 5.91 Å². The molecule has 2 saturated heterocycles. The van der Waals surface area contributed by atoms with Crippen molar-refractivity contribution in [1.82, 2.24) is 14.7 Å². The van der Waals surface area contributed by atoms with E-state index in [2.05, 4.69) is 15.3 Å². The van der Waals surface area contributed by atoms with Crippen LogP contribution in [0.4, 0.5) is 5.69 Å². The van der Waals surface area contributed by atoms with E-state index >= 15 is 0 Å². The SMILES string of the molecule is O=C(Nc1ccc(-n2cccn2)cc1)C1CCCCN1C1CCSCC1. The van der Waals surface area contributed by atoms with Gasteiger partial charge >= 0.3 is 0 Å². The van der Waals surface area contributed by atoms with Crippen LogP contribution in [0.25, 0.3) is 5.69 Å². The second-order valence-corrected chi connectivity index (χ2v) is 8.30. The molecular formula is C20H26N4OS. The maximum absolute atomic E-state index is 13.0. The third-order valence-corrected chi connectivity index (χ3v) is 6.46. The maximum atomic E-state index is 13.0. The number of amides is 1. The maximum Gasteiger partial charge on any atom is 0.241 e. The van der Waals surface area contributed by atoms with E-state index in [4.69, 9.17) is 0 Å². The topological polar surface area (TPSA) is 50.2 Å². The molecule has 1 atom stereocenters. The number of piperidine rings is 1. The molecule has 1 aromatic carbocycles. The Kier molecular flexibility index (Phi) is 5.60. The standard InChI is InChI=1S/C20H26N4OS/c25-20(19-4-1-2-12-23(19)17-9-14-26-15-10-17)22-16-5-7-18(8-6-16)24-13-3-11-21-24/h3,5-8,11,13,17,19H,1-2,4,9-10,12,14-15H2,(H,22,25). The molecule has 1 unspecified atom stereocenters. The third-order valence-electron chi connectivity index (χ3n) is 5.41. The van der Waals surface area contributed by atoms with Gasteiger partial charge in [-0.15, -0.1) is 0 Å². The van der Waals surface area contributed by atoms with E-state index in [1.54, 1.807) is 6.20 Å². The number of hydrogen-bond donors (Lipinski definition) is 1. The first-order valence-electron chi connectivity index (χ1n) is 9.56. The summed E-state index contributed by atoms with van der Waals surface area (Å²) in [5.41, 5.74) is 1.85. The van der Waals surface area contributed by atoms with E-state index in [1.807, 2.05) is 53.0 Å². The number of carbonyl (C=O) groups is 1. The van der Waals surface area contributed by atoms with Crippen LogP contribution in [0.3, 0.4) is 0 Å². The first-order chi connectivity index (χ1) is 12.8. The molecule has 2 fully saturated rings. The molecule has 0 aliphatic carbocycles. The minimum Gasteiger partial charge on any atom is -0.325 e. The second kappa shape index (κ2) is 8.27. The van der Waals surface area contributed by atoms with Crippen LogP contribution in [0.5, 0.6) is 0 Å². The van der Waals surface area contributed by atoms with E-state index < -0.39 is 0 Å². The fraction of sp³-hybridized carbons (Fsp3) is 0.500. The summed E-state index contributed by atoms with van der Waals surface area (Å²) >= 11 is 2.04. The first kappa shape index (κ1) is 17.6. The molecule has 0 spiro atoms. The number of thioether (sulfide) groups is 1. The summed E-state index contributed by atoms with van der Waals surface area (Å²) in [6.45, 7) is 1.06. The van der Waals surface area contributed by atoms with Crippen LogP contribution in [0.1, 0.15) is 32.1 Å². The summed E-state index contributed by atoms with van der Waals surface area (Å²) in [5, 5.41) is 7.37. The van der Waals surface area contributed by atoms with E-state index in [-0.39, 0.29) is 11.9 Å². The zero-order valence-corrected chi connectivity index (χ0v) is 15.8. The third kappa shape index (κ3) is 3.96. The van der Waals surface area contributed by atoms with Crippen molar-refractivity contribution in [3.8, 4) is 5.69 Å². The zero-order chi connectivity index (χ0) is 17.8. The minimum absolute atomic E-state index is 0.0163. The van der Waals surface area contributed by atoms with Crippen LogP contribution in [-0.2, 0) is 4.79 Å². The number of rotatable bonds is 4. The fourth-order valence-electron chi connectivity index (χ4n) is 4.03. The van der Waals surface area contributed by atoms with Crippen LogP contribution < -0.4 is 5.32 Å². The average molecular weight is 371 g/mol. The summed E-state index contributed by atoms with van der Waals surface area (Å²) in [6.07, 6.45) is 9.44. The van der Waals surface area contributed by atoms with Crippen molar-refractivity contribution >= 4 is 23.4 Å². The lowest BCUT2D eigenvalue weighted by Crippen LogP contribution is -2.52. The van der Waals surface area contributed by atoms with Gasteiger partial charge in [-0.25, -0.2) is 4.68 Å². The Morgan fingerprint density at radius 3 is 2.65 bits per heavy atom. The number of hydrogen-bond acceptors (Lipinski definition) is 4. The van der Waals surface area contributed by atoms with Gasteiger partial charge in [-0.05, 0) is 74.1 Å². The molecule has 2 aliphatic heterocycles. The molecule has 5 nitrogen and oxygen atoms in total. The van der Waals surface area contributed by atoms with Gasteiger partial charge in [-0.2, -0.15) is 16.9 Å². The van der Waals surface area contributed by atoms with Gasteiger partial charge in [0.15, 0.2) is 0 Å². The van der Waals surface area contributed by atoms with Crippen molar-refractivity contribution in [3.05, 3.63) is 42.7 Å².